The summed E-state index contributed by atoms with van der Waals surface area (Å²) in [6.45, 7) is 5.54. The van der Waals surface area contributed by atoms with Crippen LogP contribution in [-0.4, -0.2) is 46.9 Å². The highest BCUT2D eigenvalue weighted by molar-refractivity contribution is 6.30. The number of nitrogens with zero attached hydrogens (tertiary/aromatic N) is 3. The first-order valence-corrected chi connectivity index (χ1v) is 11.5. The van der Waals surface area contributed by atoms with E-state index in [1.807, 2.05) is 19.9 Å². The van der Waals surface area contributed by atoms with Gasteiger partial charge in [0, 0.05) is 49.7 Å². The van der Waals surface area contributed by atoms with Crippen LogP contribution < -0.4 is 5.32 Å². The van der Waals surface area contributed by atoms with E-state index in [1.54, 1.807) is 11.0 Å². The van der Waals surface area contributed by atoms with Gasteiger partial charge in [-0.1, -0.05) is 17.7 Å². The Hall–Kier alpha value is -3.09. The van der Waals surface area contributed by atoms with Crippen molar-refractivity contribution in [1.29, 1.82) is 5.26 Å². The molecule has 0 bridgehead atoms. The summed E-state index contributed by atoms with van der Waals surface area (Å²) < 4.78 is 48.0. The summed E-state index contributed by atoms with van der Waals surface area (Å²) in [6.07, 6.45) is -1.36. The number of furan rings is 1. The highest BCUT2D eigenvalue weighted by atomic mass is 35.5. The topological polar surface area (TPSA) is 82.2 Å². The number of amides is 1. The zero-order valence-corrected chi connectivity index (χ0v) is 19.8. The van der Waals surface area contributed by atoms with Crippen LogP contribution in [0.2, 0.25) is 5.02 Å². The molecular formula is C25H22ClF3N4O2. The molecule has 6 nitrogen and oxygen atoms in total. The molecule has 1 amide bonds. The lowest BCUT2D eigenvalue weighted by atomic mass is 9.63. The number of benzene rings is 1. The van der Waals surface area contributed by atoms with E-state index in [0.29, 0.717) is 25.2 Å². The van der Waals surface area contributed by atoms with Gasteiger partial charge in [0.2, 0.25) is 0 Å². The van der Waals surface area contributed by atoms with E-state index in [0.717, 1.165) is 0 Å². The highest BCUT2D eigenvalue weighted by Gasteiger charge is 2.59. The number of rotatable bonds is 3. The Labute approximate surface area is 204 Å². The maximum Gasteiger partial charge on any atom is 0.290 e. The Bertz CT molecular complexity index is 1390. The van der Waals surface area contributed by atoms with Crippen LogP contribution in [-0.2, 0) is 5.41 Å². The van der Waals surface area contributed by atoms with Crippen molar-refractivity contribution in [3.8, 4) is 17.3 Å². The van der Waals surface area contributed by atoms with Gasteiger partial charge in [-0.25, -0.2) is 18.2 Å². The lowest BCUT2D eigenvalue weighted by molar-refractivity contribution is -0.108. The number of piperazine rings is 1. The molecule has 3 heterocycles. The number of nitriles is 1. The Morgan fingerprint density at radius 3 is 2.63 bits per heavy atom. The van der Waals surface area contributed by atoms with Crippen molar-refractivity contribution in [2.45, 2.75) is 43.6 Å². The van der Waals surface area contributed by atoms with Gasteiger partial charge in [-0.15, -0.1) is 0 Å². The Morgan fingerprint density at radius 1 is 1.26 bits per heavy atom. The number of carbonyl (C=O) groups is 1. The summed E-state index contributed by atoms with van der Waals surface area (Å²) in [6, 6.07) is 9.05. The van der Waals surface area contributed by atoms with Gasteiger partial charge in [0.1, 0.15) is 11.3 Å². The third-order valence-corrected chi connectivity index (χ3v) is 7.11. The first kappa shape index (κ1) is 23.6. The molecular weight excluding hydrogens is 481 g/mol. The summed E-state index contributed by atoms with van der Waals surface area (Å²) >= 11 is 5.80. The van der Waals surface area contributed by atoms with Crippen molar-refractivity contribution < 1.29 is 22.4 Å². The van der Waals surface area contributed by atoms with E-state index in [2.05, 4.69) is 10.3 Å². The van der Waals surface area contributed by atoms with Gasteiger partial charge >= 0.3 is 0 Å². The lowest BCUT2D eigenvalue weighted by Crippen LogP contribution is -2.59. The number of fused-ring (bicyclic) bond motifs is 1. The molecule has 35 heavy (non-hydrogen) atoms. The average molecular weight is 503 g/mol. The molecule has 0 spiro atoms. The highest BCUT2D eigenvalue weighted by Crippen LogP contribution is 2.55. The predicted octanol–water partition coefficient (Wildman–Crippen LogP) is 5.30. The van der Waals surface area contributed by atoms with Crippen LogP contribution in [0.1, 0.15) is 42.8 Å². The molecule has 0 unspecified atom stereocenters. The minimum atomic E-state index is -2.99. The maximum atomic E-state index is 14.2. The van der Waals surface area contributed by atoms with E-state index in [9.17, 15) is 23.2 Å². The van der Waals surface area contributed by atoms with Gasteiger partial charge in [-0.3, -0.25) is 4.79 Å². The van der Waals surface area contributed by atoms with Crippen molar-refractivity contribution in [3.63, 3.8) is 0 Å². The molecule has 1 aliphatic carbocycles. The SMILES string of the molecule is CC1(C)CNCCN1C(=O)c1cc2nc(-c3ccc(Cl)c(F)c3)cc(C3(C#N)CC(F)(F)C3)c2o1. The Balaban J connectivity index is 1.67. The number of aromatic nitrogens is 1. The maximum absolute atomic E-state index is 14.2. The van der Waals surface area contributed by atoms with Gasteiger partial charge in [-0.2, -0.15) is 5.26 Å². The molecule has 2 aliphatic rings. The quantitative estimate of drug-likeness (QED) is 0.525. The zero-order chi connectivity index (χ0) is 25.2. The normalized spacial score (nSPS) is 20.3. The van der Waals surface area contributed by atoms with Crippen molar-refractivity contribution in [2.75, 3.05) is 19.6 Å². The van der Waals surface area contributed by atoms with Crippen LogP contribution in [0.15, 0.2) is 34.7 Å². The van der Waals surface area contributed by atoms with E-state index in [4.69, 9.17) is 16.0 Å². The van der Waals surface area contributed by atoms with Crippen LogP contribution >= 0.6 is 11.6 Å². The molecule has 10 heteroatoms. The monoisotopic (exact) mass is 502 g/mol. The van der Waals surface area contributed by atoms with Crippen LogP contribution in [0.5, 0.6) is 0 Å². The van der Waals surface area contributed by atoms with Crippen LogP contribution in [0.4, 0.5) is 13.2 Å². The van der Waals surface area contributed by atoms with Crippen molar-refractivity contribution in [3.05, 3.63) is 52.5 Å². The third kappa shape index (κ3) is 3.95. The van der Waals surface area contributed by atoms with E-state index < -0.39 is 35.5 Å². The predicted molar refractivity (Wildman–Crippen MR) is 124 cm³/mol. The van der Waals surface area contributed by atoms with Crippen LogP contribution in [0.3, 0.4) is 0 Å². The number of nitrogens with one attached hydrogen (secondary N) is 1. The van der Waals surface area contributed by atoms with Crippen molar-refractivity contribution in [1.82, 2.24) is 15.2 Å². The number of halogens is 4. The van der Waals surface area contributed by atoms with Gasteiger partial charge < -0.3 is 14.6 Å². The average Bonchev–Trinajstić information content (AvgIpc) is 3.22. The minimum absolute atomic E-state index is 0.00216. The van der Waals surface area contributed by atoms with Crippen molar-refractivity contribution in [2.24, 2.45) is 0 Å². The number of carbonyl (C=O) groups excluding carboxylic acids is 1. The second-order valence-electron chi connectivity index (χ2n) is 9.86. The molecule has 1 aliphatic heterocycles. The third-order valence-electron chi connectivity index (χ3n) is 6.80. The van der Waals surface area contributed by atoms with Gasteiger partial charge in [-0.05, 0) is 32.0 Å². The molecule has 2 aromatic heterocycles. The minimum Gasteiger partial charge on any atom is -0.449 e. The number of alkyl halides is 2. The molecule has 3 aromatic rings. The zero-order valence-electron chi connectivity index (χ0n) is 19.1. The molecule has 1 aromatic carbocycles. The second-order valence-corrected chi connectivity index (χ2v) is 10.3. The molecule has 5 rings (SSSR count). The van der Waals surface area contributed by atoms with Crippen molar-refractivity contribution >= 4 is 28.6 Å². The van der Waals surface area contributed by atoms with Gasteiger partial charge in [0.25, 0.3) is 11.8 Å². The fourth-order valence-electron chi connectivity index (χ4n) is 4.94. The summed E-state index contributed by atoms with van der Waals surface area (Å²) in [5, 5.41) is 13.1. The number of hydrogen-bond acceptors (Lipinski definition) is 5. The first-order valence-electron chi connectivity index (χ1n) is 11.2. The summed E-state index contributed by atoms with van der Waals surface area (Å²) in [5.41, 5.74) is -0.829. The fraction of sp³-hybridized carbons (Fsp3) is 0.400. The summed E-state index contributed by atoms with van der Waals surface area (Å²) in [5.74, 6) is -4.01. The number of hydrogen-bond donors (Lipinski definition) is 1. The van der Waals surface area contributed by atoms with Crippen LogP contribution in [0, 0.1) is 17.1 Å². The largest absolute Gasteiger partial charge is 0.449 e. The molecule has 1 saturated carbocycles. The van der Waals surface area contributed by atoms with Gasteiger partial charge in [0.05, 0.1) is 27.7 Å². The van der Waals surface area contributed by atoms with E-state index in [-0.39, 0.29) is 39.0 Å². The van der Waals surface area contributed by atoms with E-state index >= 15 is 0 Å². The standard InChI is InChI=1S/C25H22ClF3N4O2/c1-23(2)13-31-5-6-33(23)22(34)20-9-19-21(35-20)15(24(12-30)10-25(28,29)11-24)8-18(32-19)14-3-4-16(26)17(27)7-14/h3-4,7-9,31H,5-6,10-11,13H2,1-2H3. The first-order chi connectivity index (χ1) is 16.4. The molecule has 182 valence electrons. The molecule has 0 atom stereocenters. The van der Waals surface area contributed by atoms with Crippen LogP contribution in [0.25, 0.3) is 22.4 Å². The second kappa shape index (κ2) is 7.97. The molecule has 2 fully saturated rings. The Kier molecular flexibility index (Phi) is 5.38. The van der Waals surface area contributed by atoms with E-state index in [1.165, 1.54) is 24.3 Å². The smallest absolute Gasteiger partial charge is 0.290 e. The molecule has 1 N–H and O–H groups in total. The lowest BCUT2D eigenvalue weighted by Gasteiger charge is -2.42. The fourth-order valence-corrected chi connectivity index (χ4v) is 5.06. The number of pyridine rings is 1. The Morgan fingerprint density at radius 2 is 2.00 bits per heavy atom. The summed E-state index contributed by atoms with van der Waals surface area (Å²) in [7, 11) is 0. The molecule has 1 saturated heterocycles. The molecule has 0 radical (unpaired) electrons. The summed E-state index contributed by atoms with van der Waals surface area (Å²) in [4.78, 5) is 19.6. The van der Waals surface area contributed by atoms with Gasteiger partial charge in [0.15, 0.2) is 11.3 Å².